The first-order valence-corrected chi connectivity index (χ1v) is 5.90. The number of aromatic nitrogens is 2. The first-order chi connectivity index (χ1) is 9.29. The summed E-state index contributed by atoms with van der Waals surface area (Å²) in [6.45, 7) is 0. The van der Waals surface area contributed by atoms with Crippen molar-refractivity contribution in [2.45, 2.75) is 0 Å². The molecule has 0 aliphatic carbocycles. The smallest absolute Gasteiger partial charge is 0.195 e. The second-order valence-electron chi connectivity index (χ2n) is 4.16. The molecular weight excluding hydrogens is 240 g/mol. The normalized spacial score (nSPS) is 10.6. The molecule has 3 aromatic rings. The largest absolute Gasteiger partial charge is 0.497 e. The number of benzene rings is 1. The molecule has 0 saturated carbocycles. The molecular formula is C15H12N2O2. The van der Waals surface area contributed by atoms with Gasteiger partial charge in [0.25, 0.3) is 0 Å². The second-order valence-corrected chi connectivity index (χ2v) is 4.16. The highest BCUT2D eigenvalue weighted by Crippen LogP contribution is 2.21. The molecule has 0 aliphatic heterocycles. The highest BCUT2D eigenvalue weighted by atomic mass is 16.5. The Bertz CT molecular complexity index is 746. The van der Waals surface area contributed by atoms with Crippen LogP contribution in [-0.2, 0) is 0 Å². The van der Waals surface area contributed by atoms with Gasteiger partial charge >= 0.3 is 0 Å². The quantitative estimate of drug-likeness (QED) is 0.729. The minimum atomic E-state index is -0.0434. The molecule has 1 N–H and O–H groups in total. The summed E-state index contributed by atoms with van der Waals surface area (Å²) >= 11 is 0. The maximum Gasteiger partial charge on any atom is 0.195 e. The first-order valence-electron chi connectivity index (χ1n) is 5.90. The number of ketones is 1. The summed E-state index contributed by atoms with van der Waals surface area (Å²) in [5.41, 5.74) is 1.94. The second kappa shape index (κ2) is 4.57. The number of carbonyl (C=O) groups excluding carboxylic acids is 1. The van der Waals surface area contributed by atoms with E-state index in [-0.39, 0.29) is 5.78 Å². The molecule has 0 unspecified atom stereocenters. The van der Waals surface area contributed by atoms with E-state index in [0.717, 1.165) is 5.39 Å². The van der Waals surface area contributed by atoms with Gasteiger partial charge in [-0.1, -0.05) is 12.1 Å². The van der Waals surface area contributed by atoms with Crippen LogP contribution in [0.3, 0.4) is 0 Å². The Morgan fingerprint density at radius 2 is 2.16 bits per heavy atom. The maximum absolute atomic E-state index is 12.5. The Kier molecular flexibility index (Phi) is 2.76. The number of carbonyl (C=O) groups is 1. The van der Waals surface area contributed by atoms with Crippen molar-refractivity contribution in [1.82, 2.24) is 9.97 Å². The number of nitrogens with zero attached hydrogens (tertiary/aromatic N) is 1. The van der Waals surface area contributed by atoms with Crippen LogP contribution in [0.5, 0.6) is 5.75 Å². The van der Waals surface area contributed by atoms with Gasteiger partial charge in [-0.2, -0.15) is 0 Å². The van der Waals surface area contributed by atoms with Gasteiger partial charge in [-0.05, 0) is 24.3 Å². The number of fused-ring (bicyclic) bond motifs is 1. The predicted molar refractivity (Wildman–Crippen MR) is 72.5 cm³/mol. The summed E-state index contributed by atoms with van der Waals surface area (Å²) in [5.74, 6) is 0.627. The number of aromatic amines is 1. The van der Waals surface area contributed by atoms with Gasteiger partial charge in [0.15, 0.2) is 5.78 Å². The number of nitrogens with one attached hydrogen (secondary N) is 1. The Labute approximate surface area is 110 Å². The molecule has 2 heterocycles. The predicted octanol–water partition coefficient (Wildman–Crippen LogP) is 2.80. The highest BCUT2D eigenvalue weighted by Gasteiger charge is 2.14. The van der Waals surface area contributed by atoms with E-state index in [0.29, 0.717) is 22.5 Å². The van der Waals surface area contributed by atoms with Crippen molar-refractivity contribution in [2.75, 3.05) is 7.11 Å². The van der Waals surface area contributed by atoms with E-state index in [1.807, 2.05) is 18.2 Å². The van der Waals surface area contributed by atoms with Crippen LogP contribution in [0.1, 0.15) is 15.9 Å². The summed E-state index contributed by atoms with van der Waals surface area (Å²) in [6, 6.07) is 10.8. The molecule has 94 valence electrons. The van der Waals surface area contributed by atoms with Gasteiger partial charge in [-0.3, -0.25) is 4.79 Å². The Hall–Kier alpha value is -2.62. The van der Waals surface area contributed by atoms with E-state index >= 15 is 0 Å². The molecule has 3 rings (SSSR count). The van der Waals surface area contributed by atoms with E-state index in [1.54, 1.807) is 37.7 Å². The van der Waals surface area contributed by atoms with Gasteiger partial charge in [-0.15, -0.1) is 0 Å². The zero-order valence-corrected chi connectivity index (χ0v) is 10.4. The zero-order chi connectivity index (χ0) is 13.2. The summed E-state index contributed by atoms with van der Waals surface area (Å²) < 4.78 is 5.14. The number of hydrogen-bond acceptors (Lipinski definition) is 3. The average Bonchev–Trinajstić information content (AvgIpc) is 2.90. The molecule has 0 bridgehead atoms. The molecule has 0 amide bonds. The van der Waals surface area contributed by atoms with E-state index < -0.39 is 0 Å². The third-order valence-corrected chi connectivity index (χ3v) is 3.03. The Morgan fingerprint density at radius 1 is 1.26 bits per heavy atom. The standard InChI is InChI=1S/C15H12N2O2/c1-19-11-5-2-4-10(8-11)14(18)13-9-17-15-12(13)6-3-7-16-15/h2-9H,1H3,(H,16,17). The lowest BCUT2D eigenvalue weighted by Crippen LogP contribution is -2.00. The van der Waals surface area contributed by atoms with Gasteiger partial charge in [0.2, 0.25) is 0 Å². The number of H-pyrrole nitrogens is 1. The molecule has 0 saturated heterocycles. The molecule has 4 heteroatoms. The van der Waals surface area contributed by atoms with Crippen LogP contribution >= 0.6 is 0 Å². The maximum atomic E-state index is 12.5. The van der Waals surface area contributed by atoms with Gasteiger partial charge in [0, 0.05) is 28.9 Å². The lowest BCUT2D eigenvalue weighted by atomic mass is 10.0. The fourth-order valence-corrected chi connectivity index (χ4v) is 2.06. The Balaban J connectivity index is 2.08. The third-order valence-electron chi connectivity index (χ3n) is 3.03. The molecule has 1 aromatic carbocycles. The van der Waals surface area contributed by atoms with Crippen LogP contribution in [0.4, 0.5) is 0 Å². The fourth-order valence-electron chi connectivity index (χ4n) is 2.06. The van der Waals surface area contributed by atoms with Crippen LogP contribution in [0.2, 0.25) is 0 Å². The zero-order valence-electron chi connectivity index (χ0n) is 10.4. The molecule has 0 aliphatic rings. The number of pyridine rings is 1. The van der Waals surface area contributed by atoms with Gasteiger partial charge < -0.3 is 9.72 Å². The van der Waals surface area contributed by atoms with E-state index in [4.69, 9.17) is 4.74 Å². The van der Waals surface area contributed by atoms with E-state index in [2.05, 4.69) is 9.97 Å². The van der Waals surface area contributed by atoms with Crippen LogP contribution < -0.4 is 4.74 Å². The lowest BCUT2D eigenvalue weighted by molar-refractivity contribution is 0.104. The third kappa shape index (κ3) is 1.97. The number of rotatable bonds is 3. The van der Waals surface area contributed by atoms with Crippen molar-refractivity contribution < 1.29 is 9.53 Å². The van der Waals surface area contributed by atoms with Crippen molar-refractivity contribution in [1.29, 1.82) is 0 Å². The summed E-state index contributed by atoms with van der Waals surface area (Å²) in [6.07, 6.45) is 3.39. The van der Waals surface area contributed by atoms with Crippen molar-refractivity contribution in [2.24, 2.45) is 0 Å². The summed E-state index contributed by atoms with van der Waals surface area (Å²) in [4.78, 5) is 19.7. The molecule has 0 radical (unpaired) electrons. The SMILES string of the molecule is COc1cccc(C(=O)c2c[nH]c3ncccc23)c1. The minimum Gasteiger partial charge on any atom is -0.497 e. The van der Waals surface area contributed by atoms with Crippen LogP contribution in [0, 0.1) is 0 Å². The van der Waals surface area contributed by atoms with Crippen molar-refractivity contribution in [3.8, 4) is 5.75 Å². The minimum absolute atomic E-state index is 0.0434. The molecule has 0 fully saturated rings. The van der Waals surface area contributed by atoms with E-state index in [1.165, 1.54) is 0 Å². The van der Waals surface area contributed by atoms with Gasteiger partial charge in [0.1, 0.15) is 11.4 Å². The monoisotopic (exact) mass is 252 g/mol. The lowest BCUT2D eigenvalue weighted by Gasteiger charge is -2.03. The van der Waals surface area contributed by atoms with Crippen molar-refractivity contribution in [3.63, 3.8) is 0 Å². The van der Waals surface area contributed by atoms with Gasteiger partial charge in [-0.25, -0.2) is 4.98 Å². The Morgan fingerprint density at radius 3 is 3.00 bits per heavy atom. The van der Waals surface area contributed by atoms with Crippen LogP contribution in [0.25, 0.3) is 11.0 Å². The number of hydrogen-bond donors (Lipinski definition) is 1. The fraction of sp³-hybridized carbons (Fsp3) is 0.0667. The van der Waals surface area contributed by atoms with E-state index in [9.17, 15) is 4.79 Å². The highest BCUT2D eigenvalue weighted by molar-refractivity contribution is 6.16. The molecule has 2 aromatic heterocycles. The first kappa shape index (κ1) is 11.5. The summed E-state index contributed by atoms with van der Waals surface area (Å²) in [5, 5.41) is 0.829. The van der Waals surface area contributed by atoms with Crippen molar-refractivity contribution >= 4 is 16.8 Å². The van der Waals surface area contributed by atoms with Crippen LogP contribution in [-0.4, -0.2) is 22.9 Å². The van der Waals surface area contributed by atoms with Gasteiger partial charge in [0.05, 0.1) is 7.11 Å². The number of ether oxygens (including phenoxy) is 1. The number of methoxy groups -OCH3 is 1. The average molecular weight is 252 g/mol. The molecule has 19 heavy (non-hydrogen) atoms. The summed E-state index contributed by atoms with van der Waals surface area (Å²) in [7, 11) is 1.58. The topological polar surface area (TPSA) is 55.0 Å². The van der Waals surface area contributed by atoms with Crippen molar-refractivity contribution in [3.05, 3.63) is 59.9 Å². The molecule has 0 spiro atoms. The molecule has 4 nitrogen and oxygen atoms in total. The molecule has 0 atom stereocenters. The van der Waals surface area contributed by atoms with Crippen LogP contribution in [0.15, 0.2) is 48.8 Å².